The molecule has 0 atom stereocenters. The van der Waals surface area contributed by atoms with E-state index in [1.54, 1.807) is 0 Å². The van der Waals surface area contributed by atoms with Crippen LogP contribution in [0.2, 0.25) is 0 Å². The molecular weight excluding hydrogens is 318 g/mol. The van der Waals surface area contributed by atoms with Crippen LogP contribution in [0.5, 0.6) is 0 Å². The normalized spacial score (nSPS) is 10.7. The Bertz CT molecular complexity index is 634. The number of esters is 1. The number of amides is 1. The number of alkyl carbamates (subject to hydrolysis) is 1. The molecule has 1 aromatic carbocycles. The minimum atomic E-state index is -0.567. The summed E-state index contributed by atoms with van der Waals surface area (Å²) in [5.41, 5.74) is 2.41. The van der Waals surface area contributed by atoms with Gasteiger partial charge in [-0.15, -0.1) is 0 Å². The number of carbonyl (C=O) groups is 2. The smallest absolute Gasteiger partial charge is 0.407 e. The largest absolute Gasteiger partial charge is 0.463 e. The Hall–Kier alpha value is -2.56. The van der Waals surface area contributed by atoms with Crippen LogP contribution in [-0.4, -0.2) is 25.3 Å². The zero-order valence-corrected chi connectivity index (χ0v) is 15.3. The van der Waals surface area contributed by atoms with Gasteiger partial charge in [0.25, 0.3) is 0 Å². The first-order valence-electron chi connectivity index (χ1n) is 8.27. The van der Waals surface area contributed by atoms with Crippen LogP contribution in [0.1, 0.15) is 44.7 Å². The number of hydrogen-bond donors (Lipinski definition) is 1. The Morgan fingerprint density at radius 1 is 1.20 bits per heavy atom. The van der Waals surface area contributed by atoms with E-state index in [1.807, 2.05) is 45.0 Å². The first kappa shape index (κ1) is 20.5. The van der Waals surface area contributed by atoms with E-state index in [0.29, 0.717) is 12.8 Å². The predicted molar refractivity (Wildman–Crippen MR) is 99.0 cm³/mol. The molecule has 1 rings (SSSR count). The van der Waals surface area contributed by atoms with Crippen molar-refractivity contribution in [2.45, 2.75) is 39.2 Å². The first-order chi connectivity index (χ1) is 11.8. The molecule has 136 valence electrons. The van der Waals surface area contributed by atoms with Crippen LogP contribution in [0, 0.1) is 0 Å². The molecule has 0 saturated carbocycles. The van der Waals surface area contributed by atoms with Crippen LogP contribution in [-0.2, 0) is 19.8 Å². The van der Waals surface area contributed by atoms with Crippen molar-refractivity contribution in [1.29, 1.82) is 0 Å². The third-order valence-electron chi connectivity index (χ3n) is 3.67. The van der Waals surface area contributed by atoms with Crippen LogP contribution < -0.4 is 5.32 Å². The summed E-state index contributed by atoms with van der Waals surface area (Å²) >= 11 is 0. The number of benzene rings is 1. The van der Waals surface area contributed by atoms with Gasteiger partial charge in [0.2, 0.25) is 0 Å². The van der Waals surface area contributed by atoms with Crippen LogP contribution in [0.4, 0.5) is 4.79 Å². The lowest BCUT2D eigenvalue weighted by Crippen LogP contribution is -2.41. The number of rotatable bonds is 9. The molecule has 1 aromatic rings. The zero-order valence-electron chi connectivity index (χ0n) is 15.3. The molecule has 0 radical (unpaired) electrons. The number of unbranched alkanes of at least 4 members (excludes halogenated alkanes) is 1. The Kier molecular flexibility index (Phi) is 7.92. The van der Waals surface area contributed by atoms with Crippen LogP contribution in [0.25, 0.3) is 5.57 Å². The molecule has 0 aliphatic carbocycles. The summed E-state index contributed by atoms with van der Waals surface area (Å²) in [6, 6.07) is 7.90. The van der Waals surface area contributed by atoms with Gasteiger partial charge in [-0.3, -0.25) is 0 Å². The fourth-order valence-electron chi connectivity index (χ4n) is 2.14. The summed E-state index contributed by atoms with van der Waals surface area (Å²) < 4.78 is 10.0. The highest BCUT2D eigenvalue weighted by Crippen LogP contribution is 2.23. The van der Waals surface area contributed by atoms with Gasteiger partial charge in [0, 0.05) is 6.08 Å². The number of ether oxygens (including phenoxy) is 2. The molecule has 0 aromatic heterocycles. The maximum absolute atomic E-state index is 12.0. The summed E-state index contributed by atoms with van der Waals surface area (Å²) in [6.07, 6.45) is 1.88. The van der Waals surface area contributed by atoms with Crippen molar-refractivity contribution in [2.24, 2.45) is 0 Å². The van der Waals surface area contributed by atoms with Crippen molar-refractivity contribution in [3.63, 3.8) is 0 Å². The van der Waals surface area contributed by atoms with E-state index in [0.717, 1.165) is 22.8 Å². The lowest BCUT2D eigenvalue weighted by atomic mass is 9.92. The Morgan fingerprint density at radius 3 is 2.44 bits per heavy atom. The highest BCUT2D eigenvalue weighted by atomic mass is 16.5. The zero-order chi connectivity index (χ0) is 18.9. The second kappa shape index (κ2) is 9.67. The van der Waals surface area contributed by atoms with Gasteiger partial charge in [-0.25, -0.2) is 9.59 Å². The maximum Gasteiger partial charge on any atom is 0.407 e. The average Bonchev–Trinajstić information content (AvgIpc) is 2.57. The number of carbonyl (C=O) groups excluding carboxylic acids is 2. The molecule has 0 aliphatic rings. The highest BCUT2D eigenvalue weighted by Gasteiger charge is 2.23. The van der Waals surface area contributed by atoms with Gasteiger partial charge in [-0.1, -0.05) is 36.9 Å². The van der Waals surface area contributed by atoms with Gasteiger partial charge in [-0.05, 0) is 50.8 Å². The summed E-state index contributed by atoms with van der Waals surface area (Å²) in [5, 5.41) is 2.87. The Labute approximate surface area is 149 Å². The quantitative estimate of drug-likeness (QED) is 0.414. The van der Waals surface area contributed by atoms with Crippen molar-refractivity contribution in [2.75, 3.05) is 13.2 Å². The van der Waals surface area contributed by atoms with E-state index in [2.05, 4.69) is 18.5 Å². The van der Waals surface area contributed by atoms with Crippen molar-refractivity contribution in [3.05, 3.63) is 54.6 Å². The SMILES string of the molecule is C=CC(=O)OCCCCOC(=O)NC(C)(C)c1cccc(C(=C)C)c1. The molecule has 0 aliphatic heterocycles. The van der Waals surface area contributed by atoms with Gasteiger partial charge in [-0.2, -0.15) is 0 Å². The van der Waals surface area contributed by atoms with Gasteiger partial charge in [0.05, 0.1) is 18.8 Å². The van der Waals surface area contributed by atoms with E-state index in [1.165, 1.54) is 0 Å². The topological polar surface area (TPSA) is 64.6 Å². The summed E-state index contributed by atoms with van der Waals surface area (Å²) in [4.78, 5) is 22.9. The van der Waals surface area contributed by atoms with Gasteiger partial charge in [0.1, 0.15) is 0 Å². The molecule has 25 heavy (non-hydrogen) atoms. The Morgan fingerprint density at radius 2 is 1.84 bits per heavy atom. The molecule has 0 bridgehead atoms. The minimum Gasteiger partial charge on any atom is -0.463 e. The van der Waals surface area contributed by atoms with Crippen molar-refractivity contribution < 1.29 is 19.1 Å². The molecule has 1 N–H and O–H groups in total. The molecular formula is C20H27NO4. The van der Waals surface area contributed by atoms with Crippen LogP contribution in [0.15, 0.2) is 43.5 Å². The van der Waals surface area contributed by atoms with Gasteiger partial charge < -0.3 is 14.8 Å². The maximum atomic E-state index is 12.0. The lowest BCUT2D eigenvalue weighted by Gasteiger charge is -2.27. The number of hydrogen-bond acceptors (Lipinski definition) is 4. The van der Waals surface area contributed by atoms with E-state index in [4.69, 9.17) is 9.47 Å². The van der Waals surface area contributed by atoms with Crippen molar-refractivity contribution >= 4 is 17.6 Å². The fraction of sp³-hybridized carbons (Fsp3) is 0.400. The van der Waals surface area contributed by atoms with E-state index in [9.17, 15) is 9.59 Å². The third-order valence-corrected chi connectivity index (χ3v) is 3.67. The average molecular weight is 345 g/mol. The molecule has 0 spiro atoms. The fourth-order valence-corrected chi connectivity index (χ4v) is 2.14. The summed E-state index contributed by atoms with van der Waals surface area (Å²) in [6.45, 7) is 13.6. The molecule has 0 unspecified atom stereocenters. The minimum absolute atomic E-state index is 0.263. The lowest BCUT2D eigenvalue weighted by molar-refractivity contribution is -0.137. The molecule has 0 fully saturated rings. The first-order valence-corrected chi connectivity index (χ1v) is 8.27. The molecule has 1 amide bonds. The third kappa shape index (κ3) is 7.25. The second-order valence-corrected chi connectivity index (χ2v) is 6.33. The molecule has 0 saturated heterocycles. The second-order valence-electron chi connectivity index (χ2n) is 6.33. The van der Waals surface area contributed by atoms with Crippen LogP contribution >= 0.6 is 0 Å². The van der Waals surface area contributed by atoms with Crippen molar-refractivity contribution in [1.82, 2.24) is 5.32 Å². The monoisotopic (exact) mass is 345 g/mol. The van der Waals surface area contributed by atoms with E-state index >= 15 is 0 Å². The van der Waals surface area contributed by atoms with E-state index in [-0.39, 0.29) is 13.2 Å². The van der Waals surface area contributed by atoms with E-state index < -0.39 is 17.6 Å². The van der Waals surface area contributed by atoms with Crippen molar-refractivity contribution in [3.8, 4) is 0 Å². The standard InChI is InChI=1S/C20H27NO4/c1-6-18(22)24-12-7-8-13-25-19(23)21-20(4,5)17-11-9-10-16(14-17)15(2)3/h6,9-11,14H,1-2,7-8,12-13H2,3-5H3,(H,21,23). The Balaban J connectivity index is 2.42. The number of nitrogens with one attached hydrogen (secondary N) is 1. The molecule has 5 heteroatoms. The number of allylic oxidation sites excluding steroid dienone is 1. The van der Waals surface area contributed by atoms with Gasteiger partial charge in [0.15, 0.2) is 0 Å². The molecule has 5 nitrogen and oxygen atoms in total. The summed E-state index contributed by atoms with van der Waals surface area (Å²) in [7, 11) is 0. The van der Waals surface area contributed by atoms with Crippen LogP contribution in [0.3, 0.4) is 0 Å². The predicted octanol–water partition coefficient (Wildman–Crippen LogP) is 4.19. The highest BCUT2D eigenvalue weighted by molar-refractivity contribution is 5.81. The summed E-state index contributed by atoms with van der Waals surface area (Å²) in [5.74, 6) is -0.447. The van der Waals surface area contributed by atoms with Gasteiger partial charge >= 0.3 is 12.1 Å². The molecule has 0 heterocycles.